The van der Waals surface area contributed by atoms with Crippen LogP contribution in [0.3, 0.4) is 0 Å². The van der Waals surface area contributed by atoms with Crippen molar-refractivity contribution in [2.75, 3.05) is 6.61 Å². The highest BCUT2D eigenvalue weighted by molar-refractivity contribution is 6.01. The van der Waals surface area contributed by atoms with Gasteiger partial charge >= 0.3 is 5.97 Å². The zero-order valence-corrected chi connectivity index (χ0v) is 10.7. The van der Waals surface area contributed by atoms with E-state index in [9.17, 15) is 18.0 Å². The average Bonchev–Trinajstić information content (AvgIpc) is 2.48. The van der Waals surface area contributed by atoms with Gasteiger partial charge in [-0.25, -0.2) is 18.0 Å². The monoisotopic (exact) mass is 293 g/mol. The molecule has 2 aromatic carbocycles. The quantitative estimate of drug-likeness (QED) is 0.694. The second kappa shape index (κ2) is 6.21. The van der Waals surface area contributed by atoms with E-state index in [2.05, 4.69) is 0 Å². The smallest absolute Gasteiger partial charge is 0.338 e. The highest BCUT2D eigenvalue weighted by atomic mass is 19.2. The largest absolute Gasteiger partial charge is 0.456 e. The van der Waals surface area contributed by atoms with Crippen LogP contribution in [0.25, 0.3) is 0 Å². The average molecular weight is 293 g/mol. The molecule has 0 saturated carbocycles. The van der Waals surface area contributed by atoms with Gasteiger partial charge in [-0.1, -0.05) is 0 Å². The van der Waals surface area contributed by atoms with Gasteiger partial charge in [0.15, 0.2) is 11.6 Å². The number of hydrogen-bond donors (Lipinski definition) is 1. The molecular formula is C15H10F3NO2. The Morgan fingerprint density at radius 1 is 0.952 bits per heavy atom. The van der Waals surface area contributed by atoms with Gasteiger partial charge in [-0.15, -0.1) is 0 Å². The summed E-state index contributed by atoms with van der Waals surface area (Å²) in [6.45, 7) is -0.402. The Bertz CT molecular complexity index is 684. The number of esters is 1. The molecule has 0 fully saturated rings. The van der Waals surface area contributed by atoms with E-state index in [1.807, 2.05) is 0 Å². The standard InChI is InChI=1S/C15H10F3NO2/c16-11-4-1-9(2-5-11)15(20)21-8-14(19)10-3-6-12(17)13(18)7-10/h1-7,19H,8H2. The van der Waals surface area contributed by atoms with Crippen LogP contribution in [-0.4, -0.2) is 18.3 Å². The molecule has 0 aliphatic heterocycles. The SMILES string of the molecule is N=C(COC(=O)c1ccc(F)cc1)c1ccc(F)c(F)c1. The second-order valence-corrected chi connectivity index (χ2v) is 4.19. The van der Waals surface area contributed by atoms with Crippen molar-refractivity contribution in [3.8, 4) is 0 Å². The Morgan fingerprint density at radius 2 is 1.57 bits per heavy atom. The van der Waals surface area contributed by atoms with Gasteiger partial charge < -0.3 is 10.1 Å². The summed E-state index contributed by atoms with van der Waals surface area (Å²) in [7, 11) is 0. The number of benzene rings is 2. The van der Waals surface area contributed by atoms with Crippen molar-refractivity contribution in [3.05, 3.63) is 71.0 Å². The van der Waals surface area contributed by atoms with E-state index in [1.54, 1.807) is 0 Å². The Balaban J connectivity index is 1.98. The van der Waals surface area contributed by atoms with Crippen LogP contribution in [0.2, 0.25) is 0 Å². The van der Waals surface area contributed by atoms with E-state index >= 15 is 0 Å². The van der Waals surface area contributed by atoms with Crippen LogP contribution in [0.1, 0.15) is 15.9 Å². The normalized spacial score (nSPS) is 10.2. The summed E-state index contributed by atoms with van der Waals surface area (Å²) in [4.78, 5) is 11.6. The maximum absolute atomic E-state index is 13.0. The summed E-state index contributed by atoms with van der Waals surface area (Å²) in [5, 5.41) is 7.66. The fourth-order valence-electron chi connectivity index (χ4n) is 1.57. The predicted octanol–water partition coefficient (Wildman–Crippen LogP) is 3.33. The van der Waals surface area contributed by atoms with Crippen molar-refractivity contribution >= 4 is 11.7 Å². The molecule has 1 N–H and O–H groups in total. The molecule has 0 unspecified atom stereocenters. The first-order chi connectivity index (χ1) is 9.97. The fourth-order valence-corrected chi connectivity index (χ4v) is 1.57. The first-order valence-electron chi connectivity index (χ1n) is 5.93. The van der Waals surface area contributed by atoms with Gasteiger partial charge in [-0.2, -0.15) is 0 Å². The van der Waals surface area contributed by atoms with E-state index in [4.69, 9.17) is 10.1 Å². The Morgan fingerprint density at radius 3 is 2.19 bits per heavy atom. The molecule has 0 saturated heterocycles. The van der Waals surface area contributed by atoms with Gasteiger partial charge in [0.05, 0.1) is 11.3 Å². The van der Waals surface area contributed by atoms with Gasteiger partial charge in [0.1, 0.15) is 12.4 Å². The van der Waals surface area contributed by atoms with E-state index in [1.165, 1.54) is 18.2 Å². The van der Waals surface area contributed by atoms with Gasteiger partial charge in [0.2, 0.25) is 0 Å². The Labute approximate surface area is 118 Å². The summed E-state index contributed by atoms with van der Waals surface area (Å²) in [5.74, 6) is -3.32. The third-order valence-electron chi connectivity index (χ3n) is 2.70. The van der Waals surface area contributed by atoms with Crippen LogP contribution in [0.15, 0.2) is 42.5 Å². The fraction of sp³-hybridized carbons (Fsp3) is 0.0667. The minimum absolute atomic E-state index is 0.112. The zero-order chi connectivity index (χ0) is 15.4. The van der Waals surface area contributed by atoms with Gasteiger partial charge in [0, 0.05) is 5.56 Å². The van der Waals surface area contributed by atoms with E-state index in [0.29, 0.717) is 0 Å². The molecule has 2 rings (SSSR count). The summed E-state index contributed by atoms with van der Waals surface area (Å²) >= 11 is 0. The molecule has 21 heavy (non-hydrogen) atoms. The maximum atomic E-state index is 13.0. The van der Waals surface area contributed by atoms with Crippen molar-refractivity contribution in [2.24, 2.45) is 0 Å². The van der Waals surface area contributed by atoms with Crippen LogP contribution < -0.4 is 0 Å². The molecule has 0 amide bonds. The lowest BCUT2D eigenvalue weighted by Crippen LogP contribution is -2.14. The van der Waals surface area contributed by atoms with E-state index < -0.39 is 30.0 Å². The third-order valence-corrected chi connectivity index (χ3v) is 2.70. The Hall–Kier alpha value is -2.63. The molecule has 0 aliphatic rings. The molecule has 3 nitrogen and oxygen atoms in total. The number of ether oxygens (including phenoxy) is 1. The predicted molar refractivity (Wildman–Crippen MR) is 69.9 cm³/mol. The minimum atomic E-state index is -1.08. The summed E-state index contributed by atoms with van der Waals surface area (Å²) in [6, 6.07) is 7.67. The first kappa shape index (κ1) is 14.8. The van der Waals surface area contributed by atoms with Crippen LogP contribution in [0.5, 0.6) is 0 Å². The lowest BCUT2D eigenvalue weighted by atomic mass is 10.1. The van der Waals surface area contributed by atoms with Gasteiger partial charge in [-0.3, -0.25) is 0 Å². The topological polar surface area (TPSA) is 50.1 Å². The number of hydrogen-bond acceptors (Lipinski definition) is 3. The van der Waals surface area contributed by atoms with Crippen LogP contribution in [0, 0.1) is 22.9 Å². The molecule has 0 radical (unpaired) electrons. The second-order valence-electron chi connectivity index (χ2n) is 4.19. The number of rotatable bonds is 4. The molecule has 6 heteroatoms. The first-order valence-corrected chi connectivity index (χ1v) is 5.93. The maximum Gasteiger partial charge on any atom is 0.338 e. The number of halogens is 3. The molecule has 0 bridgehead atoms. The van der Waals surface area contributed by atoms with E-state index in [-0.39, 0.29) is 16.8 Å². The highest BCUT2D eigenvalue weighted by Crippen LogP contribution is 2.10. The Kier molecular flexibility index (Phi) is 4.37. The van der Waals surface area contributed by atoms with Crippen molar-refractivity contribution in [1.82, 2.24) is 0 Å². The molecule has 2 aromatic rings. The lowest BCUT2D eigenvalue weighted by molar-refractivity contribution is 0.0563. The van der Waals surface area contributed by atoms with Crippen LogP contribution in [0.4, 0.5) is 13.2 Å². The number of carbonyl (C=O) groups excluding carboxylic acids is 1. The summed E-state index contributed by atoms with van der Waals surface area (Å²) < 4.78 is 43.4. The molecular weight excluding hydrogens is 283 g/mol. The molecule has 0 aliphatic carbocycles. The van der Waals surface area contributed by atoms with E-state index in [0.717, 1.165) is 24.3 Å². The van der Waals surface area contributed by atoms with Crippen molar-refractivity contribution in [2.45, 2.75) is 0 Å². The molecule has 0 aromatic heterocycles. The summed E-state index contributed by atoms with van der Waals surface area (Å²) in [5.41, 5.74) is 0.0691. The van der Waals surface area contributed by atoms with Gasteiger partial charge in [0.25, 0.3) is 0 Å². The molecule has 0 atom stereocenters. The third kappa shape index (κ3) is 3.68. The summed E-state index contributed by atoms with van der Waals surface area (Å²) in [6.07, 6.45) is 0. The van der Waals surface area contributed by atoms with Crippen LogP contribution >= 0.6 is 0 Å². The molecule has 0 heterocycles. The van der Waals surface area contributed by atoms with Crippen molar-refractivity contribution in [3.63, 3.8) is 0 Å². The van der Waals surface area contributed by atoms with Crippen molar-refractivity contribution < 1.29 is 22.7 Å². The number of carbonyl (C=O) groups is 1. The molecule has 108 valence electrons. The highest BCUT2D eigenvalue weighted by Gasteiger charge is 2.11. The van der Waals surface area contributed by atoms with Crippen LogP contribution in [-0.2, 0) is 4.74 Å². The van der Waals surface area contributed by atoms with Gasteiger partial charge in [-0.05, 0) is 42.5 Å². The lowest BCUT2D eigenvalue weighted by Gasteiger charge is -2.07. The molecule has 0 spiro atoms. The minimum Gasteiger partial charge on any atom is -0.456 e. The zero-order valence-electron chi connectivity index (χ0n) is 10.7. The number of nitrogens with one attached hydrogen (secondary N) is 1. The van der Waals surface area contributed by atoms with Crippen molar-refractivity contribution in [1.29, 1.82) is 5.41 Å².